The highest BCUT2D eigenvalue weighted by atomic mass is 32.1. The van der Waals surface area contributed by atoms with E-state index in [-0.39, 0.29) is 18.4 Å². The molecule has 1 fully saturated rings. The Morgan fingerprint density at radius 3 is 2.90 bits per heavy atom. The van der Waals surface area contributed by atoms with Crippen LogP contribution in [0.25, 0.3) is 10.2 Å². The number of rotatable bonds is 5. The molecule has 1 aliphatic rings. The van der Waals surface area contributed by atoms with Crippen molar-refractivity contribution in [2.75, 3.05) is 26.8 Å². The highest BCUT2D eigenvalue weighted by Crippen LogP contribution is 2.33. The minimum Gasteiger partial charge on any atom is -0.497 e. The average molecular weight is 410 g/mol. The molecular formula is C22H22N2O4S. The third kappa shape index (κ3) is 4.40. The van der Waals surface area contributed by atoms with Gasteiger partial charge in [-0.2, -0.15) is 0 Å². The van der Waals surface area contributed by atoms with Crippen molar-refractivity contribution in [1.29, 1.82) is 0 Å². The summed E-state index contributed by atoms with van der Waals surface area (Å²) in [5, 5.41) is 1.07. The minimum atomic E-state index is -0.531. The van der Waals surface area contributed by atoms with Gasteiger partial charge in [0.2, 0.25) is 0 Å². The maximum Gasteiger partial charge on any atom is 0.338 e. The number of thiazole rings is 1. The maximum absolute atomic E-state index is 12.6. The Labute approximate surface area is 173 Å². The van der Waals surface area contributed by atoms with E-state index in [1.165, 1.54) is 7.11 Å². The molecule has 1 aliphatic heterocycles. The number of ether oxygens (including phenoxy) is 2. The Bertz CT molecular complexity index is 999. The van der Waals surface area contributed by atoms with Crippen LogP contribution in [0.3, 0.4) is 0 Å². The van der Waals surface area contributed by atoms with Crippen LogP contribution in [0.5, 0.6) is 5.75 Å². The highest BCUT2D eigenvalue weighted by Gasteiger charge is 2.27. The molecule has 150 valence electrons. The number of carbonyl (C=O) groups is 2. The molecule has 1 amide bonds. The van der Waals surface area contributed by atoms with Crippen molar-refractivity contribution in [1.82, 2.24) is 9.88 Å². The van der Waals surface area contributed by atoms with Crippen LogP contribution in [0.15, 0.2) is 48.5 Å². The number of para-hydroxylation sites is 1. The molecule has 3 aromatic rings. The van der Waals surface area contributed by atoms with Gasteiger partial charge in [0, 0.05) is 19.0 Å². The van der Waals surface area contributed by atoms with Gasteiger partial charge in [0.25, 0.3) is 5.91 Å². The molecule has 0 spiro atoms. The predicted molar refractivity (Wildman–Crippen MR) is 111 cm³/mol. The third-order valence-electron chi connectivity index (χ3n) is 5.07. The molecule has 1 saturated heterocycles. The van der Waals surface area contributed by atoms with Crippen LogP contribution < -0.4 is 4.74 Å². The summed E-state index contributed by atoms with van der Waals surface area (Å²) in [5.41, 5.74) is 1.37. The van der Waals surface area contributed by atoms with Gasteiger partial charge in [0.05, 0.1) is 27.9 Å². The largest absolute Gasteiger partial charge is 0.497 e. The van der Waals surface area contributed by atoms with E-state index in [1.807, 2.05) is 18.2 Å². The van der Waals surface area contributed by atoms with Crippen molar-refractivity contribution >= 4 is 33.4 Å². The molecular weight excluding hydrogens is 388 g/mol. The molecule has 1 atom stereocenters. The van der Waals surface area contributed by atoms with Crippen molar-refractivity contribution < 1.29 is 19.1 Å². The van der Waals surface area contributed by atoms with Gasteiger partial charge in [-0.05, 0) is 43.2 Å². The number of esters is 1. The molecule has 2 aromatic carbocycles. The second-order valence-electron chi connectivity index (χ2n) is 7.01. The number of nitrogens with zero attached hydrogens (tertiary/aromatic N) is 2. The summed E-state index contributed by atoms with van der Waals surface area (Å²) in [6.07, 6.45) is 1.92. The van der Waals surface area contributed by atoms with Crippen LogP contribution in [0, 0.1) is 0 Å². The van der Waals surface area contributed by atoms with Gasteiger partial charge in [-0.15, -0.1) is 11.3 Å². The lowest BCUT2D eigenvalue weighted by atomic mass is 9.99. The summed E-state index contributed by atoms with van der Waals surface area (Å²) in [5.74, 6) is 0.0868. The van der Waals surface area contributed by atoms with Gasteiger partial charge in [-0.1, -0.05) is 18.2 Å². The molecule has 0 radical (unpaired) electrons. The fourth-order valence-corrected chi connectivity index (χ4v) is 4.62. The second-order valence-corrected chi connectivity index (χ2v) is 8.07. The van der Waals surface area contributed by atoms with Crippen LogP contribution in [-0.2, 0) is 9.53 Å². The number of aromatic nitrogens is 1. The topological polar surface area (TPSA) is 68.7 Å². The van der Waals surface area contributed by atoms with Crippen molar-refractivity contribution in [2.24, 2.45) is 0 Å². The Balaban J connectivity index is 1.36. The normalized spacial score (nSPS) is 16.6. The number of piperidine rings is 1. The third-order valence-corrected chi connectivity index (χ3v) is 6.26. The highest BCUT2D eigenvalue weighted by molar-refractivity contribution is 7.18. The molecule has 2 heterocycles. The van der Waals surface area contributed by atoms with E-state index in [0.29, 0.717) is 24.4 Å². The van der Waals surface area contributed by atoms with Crippen molar-refractivity contribution in [3.05, 3.63) is 59.1 Å². The van der Waals surface area contributed by atoms with Gasteiger partial charge in [-0.25, -0.2) is 9.78 Å². The first-order valence-corrected chi connectivity index (χ1v) is 10.4. The zero-order valence-electron chi connectivity index (χ0n) is 16.2. The van der Waals surface area contributed by atoms with E-state index in [4.69, 9.17) is 14.5 Å². The van der Waals surface area contributed by atoms with Crippen LogP contribution in [0.2, 0.25) is 0 Å². The number of hydrogen-bond donors (Lipinski definition) is 0. The summed E-state index contributed by atoms with van der Waals surface area (Å²) in [7, 11) is 1.53. The first kappa shape index (κ1) is 19.4. The van der Waals surface area contributed by atoms with Gasteiger partial charge < -0.3 is 14.4 Å². The number of likely N-dealkylation sites (tertiary alicyclic amines) is 1. The van der Waals surface area contributed by atoms with Crippen molar-refractivity contribution in [3.8, 4) is 5.75 Å². The van der Waals surface area contributed by atoms with E-state index in [2.05, 4.69) is 6.07 Å². The lowest BCUT2D eigenvalue weighted by Crippen LogP contribution is -2.41. The predicted octanol–water partition coefficient (Wildman–Crippen LogP) is 3.87. The van der Waals surface area contributed by atoms with Gasteiger partial charge in [0.15, 0.2) is 6.61 Å². The summed E-state index contributed by atoms with van der Waals surface area (Å²) in [6.45, 7) is 1.02. The molecule has 29 heavy (non-hydrogen) atoms. The van der Waals surface area contributed by atoms with Gasteiger partial charge in [-0.3, -0.25) is 4.79 Å². The van der Waals surface area contributed by atoms with E-state index in [1.54, 1.807) is 40.5 Å². The first-order chi connectivity index (χ1) is 14.1. The maximum atomic E-state index is 12.6. The molecule has 0 saturated carbocycles. The number of benzene rings is 2. The van der Waals surface area contributed by atoms with E-state index < -0.39 is 5.97 Å². The summed E-state index contributed by atoms with van der Waals surface area (Å²) in [4.78, 5) is 31.4. The number of methoxy groups -OCH3 is 1. The molecule has 6 nitrogen and oxygen atoms in total. The Morgan fingerprint density at radius 1 is 1.21 bits per heavy atom. The van der Waals surface area contributed by atoms with Gasteiger partial charge in [0.1, 0.15) is 5.75 Å². The summed E-state index contributed by atoms with van der Waals surface area (Å²) >= 11 is 1.69. The quantitative estimate of drug-likeness (QED) is 0.598. The van der Waals surface area contributed by atoms with Crippen LogP contribution in [0.1, 0.15) is 34.1 Å². The number of hydrogen-bond acceptors (Lipinski definition) is 6. The molecule has 7 heteroatoms. The molecule has 0 aliphatic carbocycles. The van der Waals surface area contributed by atoms with Crippen LogP contribution in [-0.4, -0.2) is 48.6 Å². The lowest BCUT2D eigenvalue weighted by Gasteiger charge is -2.31. The fraction of sp³-hybridized carbons (Fsp3) is 0.318. The van der Waals surface area contributed by atoms with E-state index in [0.717, 1.165) is 28.1 Å². The molecule has 1 aromatic heterocycles. The SMILES string of the molecule is COc1cccc(C(=O)OCC(=O)N2CCC[C@@H](c3nc4ccccc4s3)C2)c1. The molecule has 0 unspecified atom stereocenters. The Morgan fingerprint density at radius 2 is 2.07 bits per heavy atom. The number of fused-ring (bicyclic) bond motifs is 1. The number of carbonyl (C=O) groups excluding carboxylic acids is 2. The monoisotopic (exact) mass is 410 g/mol. The fourth-order valence-electron chi connectivity index (χ4n) is 3.52. The molecule has 0 N–H and O–H groups in total. The number of amides is 1. The molecule has 0 bridgehead atoms. The lowest BCUT2D eigenvalue weighted by molar-refractivity contribution is -0.135. The van der Waals surface area contributed by atoms with E-state index in [9.17, 15) is 9.59 Å². The zero-order valence-corrected chi connectivity index (χ0v) is 17.0. The summed E-state index contributed by atoms with van der Waals surface area (Å²) in [6, 6.07) is 14.8. The average Bonchev–Trinajstić information content (AvgIpc) is 3.22. The summed E-state index contributed by atoms with van der Waals surface area (Å²) < 4.78 is 11.5. The van der Waals surface area contributed by atoms with Crippen LogP contribution in [0.4, 0.5) is 0 Å². The minimum absolute atomic E-state index is 0.174. The second kappa shape index (κ2) is 8.61. The first-order valence-electron chi connectivity index (χ1n) is 9.58. The van der Waals surface area contributed by atoms with Crippen LogP contribution >= 0.6 is 11.3 Å². The Hall–Kier alpha value is -2.93. The van der Waals surface area contributed by atoms with Crippen molar-refractivity contribution in [2.45, 2.75) is 18.8 Å². The molecule has 4 rings (SSSR count). The van der Waals surface area contributed by atoms with Gasteiger partial charge >= 0.3 is 5.97 Å². The Kier molecular flexibility index (Phi) is 5.76. The standard InChI is InChI=1S/C22H22N2O4S/c1-27-17-8-4-6-15(12-17)22(26)28-14-20(25)24-11-5-7-16(13-24)21-23-18-9-2-3-10-19(18)29-21/h2-4,6,8-10,12,16H,5,7,11,13-14H2,1H3/t16-/m1/s1. The van der Waals surface area contributed by atoms with E-state index >= 15 is 0 Å². The zero-order chi connectivity index (χ0) is 20.2. The smallest absolute Gasteiger partial charge is 0.338 e. The van der Waals surface area contributed by atoms with Crippen molar-refractivity contribution in [3.63, 3.8) is 0 Å².